The Morgan fingerprint density at radius 3 is 2.31 bits per heavy atom. The van der Waals surface area contributed by atoms with E-state index in [2.05, 4.69) is 4.72 Å². The first-order valence-corrected chi connectivity index (χ1v) is 12.0. The fourth-order valence-electron chi connectivity index (χ4n) is 2.65. The van der Waals surface area contributed by atoms with Gasteiger partial charge in [-0.15, -0.1) is 0 Å². The van der Waals surface area contributed by atoms with Gasteiger partial charge in [-0.05, 0) is 42.7 Å². The first kappa shape index (κ1) is 29.7. The quantitative estimate of drug-likeness (QED) is 0.225. The molecule has 2 aromatic rings. The Morgan fingerprint density at radius 1 is 1.20 bits per heavy atom. The van der Waals surface area contributed by atoms with Crippen molar-refractivity contribution in [1.29, 1.82) is 5.41 Å². The second-order valence-electron chi connectivity index (χ2n) is 7.41. The number of carboxylic acids is 1. The molecule has 35 heavy (non-hydrogen) atoms. The van der Waals surface area contributed by atoms with E-state index in [1.165, 1.54) is 0 Å². The lowest BCUT2D eigenvalue weighted by Crippen LogP contribution is -2.41. The van der Waals surface area contributed by atoms with Gasteiger partial charge in [-0.3, -0.25) is 5.41 Å². The SMILES string of the molecule is CCCCS(=O)(=O)N[C@H](COc1cccc(C(=N)N)c1)Cc1ccc(O)cc1.O=C(O)C(F)(F)F. The minimum absolute atomic E-state index is 0.0636. The second kappa shape index (κ2) is 13.5. The van der Waals surface area contributed by atoms with Crippen LogP contribution in [0, 0.1) is 5.41 Å². The molecule has 1 atom stereocenters. The number of nitrogen functional groups attached to an aromatic ring is 1. The van der Waals surface area contributed by atoms with Gasteiger partial charge < -0.3 is 20.7 Å². The van der Waals surface area contributed by atoms with Gasteiger partial charge >= 0.3 is 12.1 Å². The number of aliphatic carboxylic acids is 1. The maximum Gasteiger partial charge on any atom is 0.490 e. The highest BCUT2D eigenvalue weighted by molar-refractivity contribution is 7.89. The van der Waals surface area contributed by atoms with Gasteiger partial charge in [0.1, 0.15) is 23.9 Å². The summed E-state index contributed by atoms with van der Waals surface area (Å²) in [4.78, 5) is 8.90. The van der Waals surface area contributed by atoms with Crippen LogP contribution in [0.2, 0.25) is 0 Å². The molecule has 13 heteroatoms. The molecule has 194 valence electrons. The van der Waals surface area contributed by atoms with Crippen LogP contribution < -0.4 is 15.2 Å². The number of ether oxygens (including phenoxy) is 1. The molecule has 0 saturated carbocycles. The zero-order chi connectivity index (χ0) is 26.6. The number of sulfonamides is 1. The van der Waals surface area contributed by atoms with E-state index in [-0.39, 0.29) is 23.9 Å². The zero-order valence-corrected chi connectivity index (χ0v) is 19.7. The van der Waals surface area contributed by atoms with E-state index < -0.39 is 28.2 Å². The Bertz CT molecular complexity index is 1080. The fraction of sp³-hybridized carbons (Fsp3) is 0.364. The number of aromatic hydroxyl groups is 1. The van der Waals surface area contributed by atoms with Crippen LogP contribution in [0.25, 0.3) is 0 Å². The minimum atomic E-state index is -5.08. The predicted molar refractivity (Wildman–Crippen MR) is 124 cm³/mol. The van der Waals surface area contributed by atoms with Gasteiger partial charge in [0.2, 0.25) is 10.0 Å². The number of hydrogen-bond donors (Lipinski definition) is 5. The third kappa shape index (κ3) is 12.1. The van der Waals surface area contributed by atoms with E-state index in [0.29, 0.717) is 24.2 Å². The number of phenolic OH excluding ortho intramolecular Hbond substituents is 1. The standard InChI is InChI=1S/C20H27N3O4S.C2HF3O2/c1-2-3-11-28(25,26)23-17(12-15-7-9-18(24)10-8-15)14-27-19-6-4-5-16(13-19)20(21)22;3-2(4,5)1(6)7/h4-10,13,17,23-24H,2-3,11-12,14H2,1H3,(H3,21,22);(H,6,7)/t17-;/m0./s1. The van der Waals surface area contributed by atoms with Gasteiger partial charge in [0.15, 0.2) is 0 Å². The molecule has 0 radical (unpaired) electrons. The molecule has 2 aromatic carbocycles. The number of phenols is 1. The molecule has 0 aliphatic rings. The number of halogens is 3. The number of carbonyl (C=O) groups is 1. The summed E-state index contributed by atoms with van der Waals surface area (Å²) < 4.78 is 64.9. The monoisotopic (exact) mass is 519 g/mol. The van der Waals surface area contributed by atoms with Gasteiger partial charge in [0, 0.05) is 5.56 Å². The smallest absolute Gasteiger partial charge is 0.490 e. The van der Waals surface area contributed by atoms with E-state index in [1.54, 1.807) is 48.5 Å². The van der Waals surface area contributed by atoms with Crippen molar-refractivity contribution < 1.29 is 41.3 Å². The third-order valence-corrected chi connectivity index (χ3v) is 5.89. The lowest BCUT2D eigenvalue weighted by molar-refractivity contribution is -0.192. The molecular weight excluding hydrogens is 491 g/mol. The Kier molecular flexibility index (Phi) is 11.5. The summed E-state index contributed by atoms with van der Waals surface area (Å²) >= 11 is 0. The first-order chi connectivity index (χ1) is 16.2. The zero-order valence-electron chi connectivity index (χ0n) is 18.9. The number of carboxylic acid groups (broad SMARTS) is 1. The Balaban J connectivity index is 0.000000762. The highest BCUT2D eigenvalue weighted by Gasteiger charge is 2.38. The van der Waals surface area contributed by atoms with Gasteiger partial charge in [0.25, 0.3) is 0 Å². The molecule has 0 aliphatic carbocycles. The lowest BCUT2D eigenvalue weighted by Gasteiger charge is -2.20. The van der Waals surface area contributed by atoms with Crippen molar-refractivity contribution in [3.05, 3.63) is 59.7 Å². The molecule has 6 N–H and O–H groups in total. The van der Waals surface area contributed by atoms with Gasteiger partial charge in [-0.1, -0.05) is 37.6 Å². The van der Waals surface area contributed by atoms with Crippen LogP contribution in [0.3, 0.4) is 0 Å². The maximum absolute atomic E-state index is 12.3. The summed E-state index contributed by atoms with van der Waals surface area (Å²) in [5.74, 6) is -2.09. The van der Waals surface area contributed by atoms with E-state index in [9.17, 15) is 26.7 Å². The molecule has 9 nitrogen and oxygen atoms in total. The summed E-state index contributed by atoms with van der Waals surface area (Å²) in [6.07, 6.45) is -3.29. The minimum Gasteiger partial charge on any atom is -0.508 e. The van der Waals surface area contributed by atoms with Gasteiger partial charge in [-0.2, -0.15) is 13.2 Å². The third-order valence-electron chi connectivity index (χ3n) is 4.37. The van der Waals surface area contributed by atoms with Gasteiger partial charge in [0.05, 0.1) is 11.8 Å². The number of benzene rings is 2. The number of unbranched alkanes of at least 4 members (excludes halogenated alkanes) is 1. The summed E-state index contributed by atoms with van der Waals surface area (Å²) in [6.45, 7) is 2.06. The van der Waals surface area contributed by atoms with Crippen LogP contribution in [-0.4, -0.2) is 55.0 Å². The van der Waals surface area contributed by atoms with Crippen LogP contribution in [0.4, 0.5) is 13.2 Å². The molecule has 0 spiro atoms. The molecule has 0 heterocycles. The van der Waals surface area contributed by atoms with Crippen molar-refractivity contribution in [2.24, 2.45) is 5.73 Å². The largest absolute Gasteiger partial charge is 0.508 e. The maximum atomic E-state index is 12.3. The Morgan fingerprint density at radius 2 is 1.80 bits per heavy atom. The fourth-order valence-corrected chi connectivity index (χ4v) is 4.09. The Labute approximate surface area is 201 Å². The van der Waals surface area contributed by atoms with Crippen molar-refractivity contribution in [1.82, 2.24) is 4.72 Å². The topological polar surface area (TPSA) is 163 Å². The molecule has 0 unspecified atom stereocenters. The summed E-state index contributed by atoms with van der Waals surface area (Å²) in [5, 5.41) is 24.1. The molecule has 0 amide bonds. The van der Waals surface area contributed by atoms with Crippen LogP contribution >= 0.6 is 0 Å². The number of nitrogens with one attached hydrogen (secondary N) is 2. The van der Waals surface area contributed by atoms with Gasteiger partial charge in [-0.25, -0.2) is 17.9 Å². The highest BCUT2D eigenvalue weighted by Crippen LogP contribution is 2.16. The number of hydrogen-bond acceptors (Lipinski definition) is 6. The molecule has 0 saturated heterocycles. The average molecular weight is 520 g/mol. The van der Waals surface area contributed by atoms with Crippen LogP contribution in [0.5, 0.6) is 11.5 Å². The molecule has 0 aromatic heterocycles. The van der Waals surface area contributed by atoms with E-state index in [0.717, 1.165) is 12.0 Å². The van der Waals surface area contributed by atoms with Crippen molar-refractivity contribution >= 4 is 21.8 Å². The van der Waals surface area contributed by atoms with E-state index in [1.807, 2.05) is 6.92 Å². The number of amidine groups is 1. The highest BCUT2D eigenvalue weighted by atomic mass is 32.2. The van der Waals surface area contributed by atoms with Crippen LogP contribution in [0.1, 0.15) is 30.9 Å². The lowest BCUT2D eigenvalue weighted by atomic mass is 10.1. The van der Waals surface area contributed by atoms with Crippen molar-refractivity contribution in [2.75, 3.05) is 12.4 Å². The van der Waals surface area contributed by atoms with Crippen LogP contribution in [-0.2, 0) is 21.2 Å². The first-order valence-electron chi connectivity index (χ1n) is 10.4. The molecular formula is C22H28F3N3O6S. The summed E-state index contributed by atoms with van der Waals surface area (Å²) in [6, 6.07) is 13.0. The average Bonchev–Trinajstić information content (AvgIpc) is 2.77. The second-order valence-corrected chi connectivity index (χ2v) is 9.29. The Hall–Kier alpha value is -3.32. The number of nitrogens with two attached hydrogens (primary N) is 1. The molecule has 0 bridgehead atoms. The molecule has 2 rings (SSSR count). The molecule has 0 aliphatic heterocycles. The summed E-state index contributed by atoms with van der Waals surface area (Å²) in [5.41, 5.74) is 6.91. The number of alkyl halides is 3. The van der Waals surface area contributed by atoms with Crippen LogP contribution in [0.15, 0.2) is 48.5 Å². The number of rotatable bonds is 11. The van der Waals surface area contributed by atoms with E-state index in [4.69, 9.17) is 25.8 Å². The normalized spacial score (nSPS) is 12.2. The van der Waals surface area contributed by atoms with Crippen molar-refractivity contribution in [3.8, 4) is 11.5 Å². The predicted octanol–water partition coefficient (Wildman–Crippen LogP) is 3.02. The van der Waals surface area contributed by atoms with E-state index >= 15 is 0 Å². The van der Waals surface area contributed by atoms with Crippen molar-refractivity contribution in [2.45, 2.75) is 38.4 Å². The summed E-state index contributed by atoms with van der Waals surface area (Å²) in [7, 11) is -3.43. The van der Waals surface area contributed by atoms with Crippen molar-refractivity contribution in [3.63, 3.8) is 0 Å². The molecule has 0 fully saturated rings.